The molecule has 2 heterocycles. The van der Waals surface area contributed by atoms with Gasteiger partial charge in [-0.2, -0.15) is 5.10 Å². The molecule has 254 valence electrons. The van der Waals surface area contributed by atoms with Gasteiger partial charge in [-0.15, -0.1) is 0 Å². The Morgan fingerprint density at radius 3 is 2.23 bits per heavy atom. The van der Waals surface area contributed by atoms with E-state index in [0.29, 0.717) is 5.92 Å². The molecule has 6 rings (SSSR count). The maximum absolute atomic E-state index is 13.5. The number of aryl methyl sites for hydroxylation is 1. The fourth-order valence-electron chi connectivity index (χ4n) is 7.87. The van der Waals surface area contributed by atoms with E-state index in [1.807, 2.05) is 7.05 Å². The van der Waals surface area contributed by atoms with Crippen molar-refractivity contribution in [2.45, 2.75) is 80.7 Å². The standard InChI is InChI=1S/C38H46ClN5O3S/c1-3-44-35(26-32(41-44)24-28-10-6-4-7-11-28)29-18-22-43(23-19-29)27-38(31-12-8-5-9-13-31)20-16-33(17-21-38)42(2)37(45)30-14-15-34(39)36(25-30)48(40,46)47/h4-15,25-26,29,33H,3,16-24,27H2,1-2H3,(H2,40,46,47). The molecule has 2 aliphatic rings. The smallest absolute Gasteiger partial charge is 0.253 e. The lowest BCUT2D eigenvalue weighted by molar-refractivity contribution is 0.0619. The van der Waals surface area contributed by atoms with Crippen LogP contribution in [0.15, 0.2) is 89.8 Å². The van der Waals surface area contributed by atoms with E-state index in [-0.39, 0.29) is 32.8 Å². The Kier molecular flexibility index (Phi) is 10.4. The van der Waals surface area contributed by atoms with Crippen LogP contribution in [-0.4, -0.2) is 66.6 Å². The van der Waals surface area contributed by atoms with Gasteiger partial charge in [-0.3, -0.25) is 9.48 Å². The minimum absolute atomic E-state index is 0.00357. The molecule has 2 N–H and O–H groups in total. The number of hydrogen-bond donors (Lipinski definition) is 1. The number of amides is 1. The van der Waals surface area contributed by atoms with Gasteiger partial charge in [-0.1, -0.05) is 72.3 Å². The van der Waals surface area contributed by atoms with Crippen molar-refractivity contribution in [3.8, 4) is 0 Å². The normalized spacial score (nSPS) is 20.9. The number of rotatable bonds is 10. The maximum atomic E-state index is 13.5. The van der Waals surface area contributed by atoms with Crippen molar-refractivity contribution in [3.63, 3.8) is 0 Å². The van der Waals surface area contributed by atoms with Gasteiger partial charge in [-0.05, 0) is 93.9 Å². The molecule has 3 aromatic carbocycles. The van der Waals surface area contributed by atoms with Crippen molar-refractivity contribution in [2.75, 3.05) is 26.7 Å². The number of halogens is 1. The number of benzene rings is 3. The number of sulfonamides is 1. The predicted molar refractivity (Wildman–Crippen MR) is 191 cm³/mol. The summed E-state index contributed by atoms with van der Waals surface area (Å²) in [6.45, 7) is 6.15. The summed E-state index contributed by atoms with van der Waals surface area (Å²) in [7, 11) is -2.24. The van der Waals surface area contributed by atoms with Gasteiger partial charge in [0.1, 0.15) is 4.90 Å². The first-order chi connectivity index (χ1) is 23.1. The third-order valence-electron chi connectivity index (χ3n) is 10.6. The average molecular weight is 688 g/mol. The number of carbonyl (C=O) groups excluding carboxylic acids is 1. The molecule has 0 bridgehead atoms. The fraction of sp³-hybridized carbons (Fsp3) is 0.421. The van der Waals surface area contributed by atoms with Crippen LogP contribution in [0.1, 0.15) is 84.2 Å². The quantitative estimate of drug-likeness (QED) is 0.202. The van der Waals surface area contributed by atoms with Crippen molar-refractivity contribution in [1.82, 2.24) is 19.6 Å². The van der Waals surface area contributed by atoms with Crippen molar-refractivity contribution < 1.29 is 13.2 Å². The molecule has 1 aromatic heterocycles. The molecule has 1 aliphatic heterocycles. The zero-order valence-electron chi connectivity index (χ0n) is 27.9. The van der Waals surface area contributed by atoms with Gasteiger partial charge in [0.05, 0.1) is 10.7 Å². The number of primary sulfonamides is 1. The van der Waals surface area contributed by atoms with Gasteiger partial charge in [0.15, 0.2) is 0 Å². The predicted octanol–water partition coefficient (Wildman–Crippen LogP) is 6.63. The fourth-order valence-corrected chi connectivity index (χ4v) is 8.94. The summed E-state index contributed by atoms with van der Waals surface area (Å²) >= 11 is 6.07. The second-order valence-corrected chi connectivity index (χ2v) is 15.5. The number of likely N-dealkylation sites (tertiary alicyclic amines) is 1. The Morgan fingerprint density at radius 2 is 1.60 bits per heavy atom. The minimum atomic E-state index is -4.05. The third kappa shape index (κ3) is 7.54. The Morgan fingerprint density at radius 1 is 0.958 bits per heavy atom. The van der Waals surface area contributed by atoms with E-state index in [4.69, 9.17) is 21.8 Å². The zero-order chi connectivity index (χ0) is 33.9. The Bertz CT molecular complexity index is 1810. The highest BCUT2D eigenvalue weighted by Crippen LogP contribution is 2.43. The molecule has 0 spiro atoms. The monoisotopic (exact) mass is 687 g/mol. The molecule has 1 saturated carbocycles. The molecule has 8 nitrogen and oxygen atoms in total. The second kappa shape index (κ2) is 14.5. The first-order valence-electron chi connectivity index (χ1n) is 17.0. The SMILES string of the molecule is CCn1nc(Cc2ccccc2)cc1C1CCN(CC2(c3ccccc3)CCC(N(C)C(=O)c3ccc(Cl)c(S(N)(=O)=O)c3)CC2)CC1. The lowest BCUT2D eigenvalue weighted by atomic mass is 9.67. The summed E-state index contributed by atoms with van der Waals surface area (Å²) in [5.74, 6) is 0.276. The minimum Gasteiger partial charge on any atom is -0.339 e. The van der Waals surface area contributed by atoms with Gasteiger partial charge in [0.2, 0.25) is 10.0 Å². The van der Waals surface area contributed by atoms with Crippen LogP contribution >= 0.6 is 11.6 Å². The van der Waals surface area contributed by atoms with E-state index in [1.54, 1.807) is 11.0 Å². The molecule has 1 aliphatic carbocycles. The van der Waals surface area contributed by atoms with E-state index in [1.165, 1.54) is 29.0 Å². The van der Waals surface area contributed by atoms with Gasteiger partial charge in [0, 0.05) is 55.2 Å². The topological polar surface area (TPSA) is 102 Å². The summed E-state index contributed by atoms with van der Waals surface area (Å²) in [4.78, 5) is 17.7. The van der Waals surface area contributed by atoms with Crippen LogP contribution in [0.4, 0.5) is 0 Å². The van der Waals surface area contributed by atoms with E-state index >= 15 is 0 Å². The first kappa shape index (κ1) is 34.4. The van der Waals surface area contributed by atoms with Crippen LogP contribution in [0.5, 0.6) is 0 Å². The van der Waals surface area contributed by atoms with Gasteiger partial charge in [-0.25, -0.2) is 13.6 Å². The Labute approximate surface area is 289 Å². The first-order valence-corrected chi connectivity index (χ1v) is 19.0. The van der Waals surface area contributed by atoms with Crippen molar-refractivity contribution in [1.29, 1.82) is 0 Å². The van der Waals surface area contributed by atoms with Crippen LogP contribution in [0, 0.1) is 0 Å². The van der Waals surface area contributed by atoms with Crippen molar-refractivity contribution >= 4 is 27.5 Å². The maximum Gasteiger partial charge on any atom is 0.253 e. The zero-order valence-corrected chi connectivity index (χ0v) is 29.5. The van der Waals surface area contributed by atoms with E-state index in [2.05, 4.69) is 83.2 Å². The number of aromatic nitrogens is 2. The average Bonchev–Trinajstić information content (AvgIpc) is 3.51. The highest BCUT2D eigenvalue weighted by molar-refractivity contribution is 7.89. The summed E-state index contributed by atoms with van der Waals surface area (Å²) in [5.41, 5.74) is 5.44. The molecular formula is C38H46ClN5O3S. The van der Waals surface area contributed by atoms with E-state index < -0.39 is 10.0 Å². The van der Waals surface area contributed by atoms with Gasteiger partial charge < -0.3 is 9.80 Å². The van der Waals surface area contributed by atoms with Gasteiger partial charge >= 0.3 is 0 Å². The molecule has 0 radical (unpaired) electrons. The summed E-state index contributed by atoms with van der Waals surface area (Å²) in [6.07, 6.45) is 6.75. The summed E-state index contributed by atoms with van der Waals surface area (Å²) in [6, 6.07) is 28.1. The Balaban J connectivity index is 1.12. The molecule has 48 heavy (non-hydrogen) atoms. The number of piperidine rings is 1. The molecule has 1 amide bonds. The van der Waals surface area contributed by atoms with E-state index in [0.717, 1.165) is 76.8 Å². The molecule has 4 aromatic rings. The number of carbonyl (C=O) groups is 1. The van der Waals surface area contributed by atoms with Crippen LogP contribution in [-0.2, 0) is 28.4 Å². The summed E-state index contributed by atoms with van der Waals surface area (Å²) < 4.78 is 26.2. The molecule has 1 saturated heterocycles. The highest BCUT2D eigenvalue weighted by atomic mass is 35.5. The second-order valence-electron chi connectivity index (χ2n) is 13.6. The molecule has 2 fully saturated rings. The van der Waals surface area contributed by atoms with Crippen LogP contribution in [0.25, 0.3) is 0 Å². The molecular weight excluding hydrogens is 642 g/mol. The van der Waals surface area contributed by atoms with Crippen LogP contribution < -0.4 is 5.14 Å². The van der Waals surface area contributed by atoms with E-state index in [9.17, 15) is 13.2 Å². The third-order valence-corrected chi connectivity index (χ3v) is 12.0. The van der Waals surface area contributed by atoms with Crippen LogP contribution in [0.2, 0.25) is 5.02 Å². The Hall–Kier alpha value is -3.50. The number of nitrogens with zero attached hydrogens (tertiary/aromatic N) is 4. The largest absolute Gasteiger partial charge is 0.339 e. The lowest BCUT2D eigenvalue weighted by Crippen LogP contribution is -2.49. The molecule has 10 heteroatoms. The highest BCUT2D eigenvalue weighted by Gasteiger charge is 2.41. The van der Waals surface area contributed by atoms with Crippen LogP contribution in [0.3, 0.4) is 0 Å². The molecule has 0 atom stereocenters. The number of nitrogens with two attached hydrogens (primary N) is 1. The lowest BCUT2D eigenvalue weighted by Gasteiger charge is -2.46. The van der Waals surface area contributed by atoms with Gasteiger partial charge in [0.25, 0.3) is 5.91 Å². The molecule has 0 unspecified atom stereocenters. The van der Waals surface area contributed by atoms with Crippen molar-refractivity contribution in [2.24, 2.45) is 5.14 Å². The summed E-state index contributed by atoms with van der Waals surface area (Å²) in [5, 5.41) is 10.3. The number of hydrogen-bond acceptors (Lipinski definition) is 5. The van der Waals surface area contributed by atoms with Crippen molar-refractivity contribution in [3.05, 3.63) is 118 Å².